The Hall–Kier alpha value is -1.68. The second-order valence-corrected chi connectivity index (χ2v) is 9.38. The number of rotatable bonds is 10. The summed E-state index contributed by atoms with van der Waals surface area (Å²) in [6, 6.07) is 8.39. The van der Waals surface area contributed by atoms with Gasteiger partial charge >= 0.3 is 0 Å². The molecular weight excluding hydrogens is 372 g/mol. The third kappa shape index (κ3) is 6.73. The molecule has 0 saturated heterocycles. The summed E-state index contributed by atoms with van der Waals surface area (Å²) in [7, 11) is 0. The van der Waals surface area contributed by atoms with Gasteiger partial charge in [0.05, 0.1) is 17.7 Å². The van der Waals surface area contributed by atoms with Crippen molar-refractivity contribution in [2.45, 2.75) is 79.4 Å². The minimum absolute atomic E-state index is 0.0690. The smallest absolute Gasteiger partial charge is 0.232 e. The van der Waals surface area contributed by atoms with Crippen LogP contribution in [-0.2, 0) is 0 Å². The van der Waals surface area contributed by atoms with Crippen molar-refractivity contribution in [3.8, 4) is 11.6 Å². The van der Waals surface area contributed by atoms with Gasteiger partial charge in [-0.3, -0.25) is 4.68 Å². The Balaban J connectivity index is 1.90. The van der Waals surface area contributed by atoms with E-state index in [-0.39, 0.29) is 11.5 Å². The molecule has 0 spiro atoms. The second kappa shape index (κ2) is 9.69. The normalized spacial score (nSPS) is 13.2. The highest BCUT2D eigenvalue weighted by atomic mass is 35.5. The summed E-state index contributed by atoms with van der Waals surface area (Å²) in [5.74, 6) is 1.89. The molecule has 2 rings (SSSR count). The maximum Gasteiger partial charge on any atom is 0.232 e. The molecule has 0 radical (unpaired) electrons. The Morgan fingerprint density at radius 2 is 1.82 bits per heavy atom. The molecule has 5 heteroatoms. The topological polar surface area (TPSA) is 36.3 Å². The molecule has 28 heavy (non-hydrogen) atoms. The molecule has 1 aromatic carbocycles. The summed E-state index contributed by atoms with van der Waals surface area (Å²) < 4.78 is 13.7. The van der Waals surface area contributed by atoms with E-state index in [1.807, 2.05) is 36.9 Å². The van der Waals surface area contributed by atoms with E-state index in [0.29, 0.717) is 29.5 Å². The highest BCUT2D eigenvalue weighted by Crippen LogP contribution is 2.34. The number of ether oxygens (including phenoxy) is 2. The fourth-order valence-corrected chi connectivity index (χ4v) is 3.13. The van der Waals surface area contributed by atoms with Crippen LogP contribution in [0.25, 0.3) is 0 Å². The van der Waals surface area contributed by atoms with Gasteiger partial charge in [-0.05, 0) is 69.6 Å². The SMILES string of the molecule is CC(C)Oc1cc(C(C)CCC(C)(C)COc2ccn(C(C)C)n2)ccc1Cl. The Bertz CT molecular complexity index is 753. The molecule has 0 N–H and O–H groups in total. The van der Waals surface area contributed by atoms with E-state index in [4.69, 9.17) is 21.1 Å². The number of halogens is 1. The van der Waals surface area contributed by atoms with E-state index in [1.165, 1.54) is 5.56 Å². The van der Waals surface area contributed by atoms with Gasteiger partial charge in [-0.25, -0.2) is 0 Å². The lowest BCUT2D eigenvalue weighted by atomic mass is 9.84. The molecule has 1 heterocycles. The minimum atomic E-state index is 0.0690. The average Bonchev–Trinajstić information content (AvgIpc) is 3.09. The molecular formula is C23H35ClN2O2. The minimum Gasteiger partial charge on any atom is -0.489 e. The van der Waals surface area contributed by atoms with Gasteiger partial charge < -0.3 is 9.47 Å². The standard InChI is InChI=1S/C23H35ClN2O2/c1-16(2)26-13-11-22(25-26)27-15-23(6,7)12-10-18(5)19-8-9-20(24)21(14-19)28-17(3)4/h8-9,11,13-14,16-18H,10,12,15H2,1-7H3. The van der Waals surface area contributed by atoms with Crippen molar-refractivity contribution in [2.75, 3.05) is 6.61 Å². The van der Waals surface area contributed by atoms with Crippen molar-refractivity contribution in [2.24, 2.45) is 5.41 Å². The van der Waals surface area contributed by atoms with Gasteiger partial charge in [0.15, 0.2) is 0 Å². The predicted octanol–water partition coefficient (Wildman–Crippen LogP) is 6.89. The molecule has 0 amide bonds. The van der Waals surface area contributed by atoms with Gasteiger partial charge in [-0.15, -0.1) is 5.10 Å². The Morgan fingerprint density at radius 3 is 2.43 bits per heavy atom. The van der Waals surface area contributed by atoms with Crippen molar-refractivity contribution in [1.29, 1.82) is 0 Å². The number of hydrogen-bond acceptors (Lipinski definition) is 3. The quantitative estimate of drug-likeness (QED) is 0.430. The van der Waals surface area contributed by atoms with Crippen LogP contribution < -0.4 is 9.47 Å². The highest BCUT2D eigenvalue weighted by Gasteiger charge is 2.21. The van der Waals surface area contributed by atoms with E-state index in [9.17, 15) is 0 Å². The maximum absolute atomic E-state index is 6.27. The van der Waals surface area contributed by atoms with Crippen LogP contribution in [0.1, 0.15) is 78.8 Å². The largest absolute Gasteiger partial charge is 0.489 e. The van der Waals surface area contributed by atoms with E-state index in [2.05, 4.69) is 51.9 Å². The zero-order valence-electron chi connectivity index (χ0n) is 18.3. The first-order valence-electron chi connectivity index (χ1n) is 10.2. The molecule has 0 saturated carbocycles. The fraction of sp³-hybridized carbons (Fsp3) is 0.609. The van der Waals surface area contributed by atoms with Gasteiger partial charge in [-0.2, -0.15) is 0 Å². The number of nitrogens with zero attached hydrogens (tertiary/aromatic N) is 2. The fourth-order valence-electron chi connectivity index (χ4n) is 2.97. The summed E-state index contributed by atoms with van der Waals surface area (Å²) in [5, 5.41) is 5.13. The Morgan fingerprint density at radius 1 is 1.11 bits per heavy atom. The maximum atomic E-state index is 6.27. The zero-order chi connectivity index (χ0) is 20.9. The molecule has 1 atom stereocenters. The molecule has 156 valence electrons. The molecule has 0 fully saturated rings. The van der Waals surface area contributed by atoms with Crippen LogP contribution in [0.15, 0.2) is 30.5 Å². The molecule has 0 aliphatic rings. The summed E-state index contributed by atoms with van der Waals surface area (Å²) >= 11 is 6.27. The van der Waals surface area contributed by atoms with Gasteiger partial charge in [0.2, 0.25) is 5.88 Å². The van der Waals surface area contributed by atoms with E-state index in [1.54, 1.807) is 0 Å². The van der Waals surface area contributed by atoms with Crippen molar-refractivity contribution >= 4 is 11.6 Å². The first-order chi connectivity index (χ1) is 13.1. The third-order valence-electron chi connectivity index (χ3n) is 4.86. The molecule has 1 aromatic heterocycles. The number of benzene rings is 1. The molecule has 4 nitrogen and oxygen atoms in total. The Kier molecular flexibility index (Phi) is 7.82. The lowest BCUT2D eigenvalue weighted by Crippen LogP contribution is -2.22. The average molecular weight is 407 g/mol. The summed E-state index contributed by atoms with van der Waals surface area (Å²) in [4.78, 5) is 0. The molecule has 0 aliphatic heterocycles. The molecule has 2 aromatic rings. The van der Waals surface area contributed by atoms with Crippen LogP contribution in [0.2, 0.25) is 5.02 Å². The highest BCUT2D eigenvalue weighted by molar-refractivity contribution is 6.32. The van der Waals surface area contributed by atoms with E-state index in [0.717, 1.165) is 18.6 Å². The van der Waals surface area contributed by atoms with E-state index < -0.39 is 0 Å². The lowest BCUT2D eigenvalue weighted by molar-refractivity contribution is 0.158. The van der Waals surface area contributed by atoms with Crippen LogP contribution >= 0.6 is 11.6 Å². The van der Waals surface area contributed by atoms with Crippen LogP contribution in [0.3, 0.4) is 0 Å². The molecule has 1 unspecified atom stereocenters. The van der Waals surface area contributed by atoms with Crippen LogP contribution in [0.5, 0.6) is 11.6 Å². The van der Waals surface area contributed by atoms with Gasteiger partial charge in [0.25, 0.3) is 0 Å². The van der Waals surface area contributed by atoms with Crippen LogP contribution in [0.4, 0.5) is 0 Å². The summed E-state index contributed by atoms with van der Waals surface area (Å²) in [6.07, 6.45) is 4.20. The summed E-state index contributed by atoms with van der Waals surface area (Å²) in [5.41, 5.74) is 1.33. The van der Waals surface area contributed by atoms with Crippen molar-refractivity contribution < 1.29 is 9.47 Å². The predicted molar refractivity (Wildman–Crippen MR) is 117 cm³/mol. The first kappa shape index (κ1) is 22.6. The second-order valence-electron chi connectivity index (χ2n) is 8.98. The zero-order valence-corrected chi connectivity index (χ0v) is 19.1. The van der Waals surface area contributed by atoms with E-state index >= 15 is 0 Å². The van der Waals surface area contributed by atoms with Crippen LogP contribution in [0, 0.1) is 5.41 Å². The first-order valence-corrected chi connectivity index (χ1v) is 10.6. The van der Waals surface area contributed by atoms with Crippen LogP contribution in [-0.4, -0.2) is 22.5 Å². The van der Waals surface area contributed by atoms with Gasteiger partial charge in [-0.1, -0.05) is 38.4 Å². The van der Waals surface area contributed by atoms with Crippen molar-refractivity contribution in [1.82, 2.24) is 9.78 Å². The van der Waals surface area contributed by atoms with Gasteiger partial charge in [0.1, 0.15) is 5.75 Å². The Labute approximate surface area is 175 Å². The van der Waals surface area contributed by atoms with Crippen molar-refractivity contribution in [3.63, 3.8) is 0 Å². The molecule has 0 bridgehead atoms. The van der Waals surface area contributed by atoms with Crippen molar-refractivity contribution in [3.05, 3.63) is 41.0 Å². The summed E-state index contributed by atoms with van der Waals surface area (Å²) in [6.45, 7) is 15.6. The molecule has 0 aliphatic carbocycles. The lowest BCUT2D eigenvalue weighted by Gasteiger charge is -2.26. The number of aromatic nitrogens is 2. The monoisotopic (exact) mass is 406 g/mol. The van der Waals surface area contributed by atoms with Gasteiger partial charge in [0, 0.05) is 18.3 Å². The number of hydrogen-bond donors (Lipinski definition) is 0. The third-order valence-corrected chi connectivity index (χ3v) is 5.18.